The number of rotatable bonds is 0. The van der Waals surface area contributed by atoms with E-state index in [0.29, 0.717) is 76.7 Å². The maximum Gasteiger partial charge on any atom is 0.128 e. The average Bonchev–Trinajstić information content (AvgIpc) is 3.06. The topological polar surface area (TPSA) is 90.1 Å². The lowest BCUT2D eigenvalue weighted by atomic mass is 10.0. The second-order valence-electron chi connectivity index (χ2n) is 12.5. The molecule has 2 unspecified atom stereocenters. The number of benzene rings is 4. The molecule has 244 valence electrons. The van der Waals surface area contributed by atoms with Crippen LogP contribution in [-0.2, 0) is 26.2 Å². The van der Waals surface area contributed by atoms with Gasteiger partial charge in [-0.05, 0) is 49.2 Å². The van der Waals surface area contributed by atoms with Crippen LogP contribution >= 0.6 is 0 Å². The molecule has 0 aliphatic carbocycles. The number of ether oxygens (including phenoxy) is 2. The lowest BCUT2D eigenvalue weighted by molar-refractivity contribution is 0.178. The minimum Gasteiger partial charge on any atom is -0.507 e. The van der Waals surface area contributed by atoms with Gasteiger partial charge < -0.3 is 19.7 Å². The third kappa shape index (κ3) is 8.39. The van der Waals surface area contributed by atoms with Gasteiger partial charge in [-0.15, -0.1) is 0 Å². The van der Waals surface area contributed by atoms with Crippen LogP contribution in [0.15, 0.2) is 82.8 Å². The molecule has 47 heavy (non-hydrogen) atoms. The van der Waals surface area contributed by atoms with E-state index in [9.17, 15) is 10.2 Å². The van der Waals surface area contributed by atoms with Crippen molar-refractivity contribution >= 4 is 12.4 Å². The Morgan fingerprint density at radius 3 is 1.47 bits per heavy atom. The quantitative estimate of drug-likeness (QED) is 0.232. The number of aliphatic imine (C=N–C) groups is 2. The number of phenols is 2. The third-order valence-electron chi connectivity index (χ3n) is 8.60. The minimum atomic E-state index is 0.253. The van der Waals surface area contributed by atoms with Gasteiger partial charge in [-0.25, -0.2) is 0 Å². The van der Waals surface area contributed by atoms with Gasteiger partial charge in [-0.1, -0.05) is 48.5 Å². The second kappa shape index (κ2) is 15.3. The molecule has 0 radical (unpaired) electrons. The highest BCUT2D eigenvalue weighted by atomic mass is 16.5. The number of hydrogen-bond donors (Lipinski definition) is 2. The average molecular weight is 633 g/mol. The molecule has 4 aromatic rings. The van der Waals surface area contributed by atoms with Gasteiger partial charge in [-0.2, -0.15) is 0 Å². The zero-order valence-corrected chi connectivity index (χ0v) is 27.4. The van der Waals surface area contributed by atoms with E-state index in [1.54, 1.807) is 12.4 Å². The Morgan fingerprint density at radius 2 is 1.00 bits per heavy atom. The van der Waals surface area contributed by atoms with Crippen LogP contribution in [0.3, 0.4) is 0 Å². The van der Waals surface area contributed by atoms with Gasteiger partial charge in [0.05, 0.1) is 26.3 Å². The van der Waals surface area contributed by atoms with Crippen LogP contribution in [0.4, 0.5) is 0 Å². The molecule has 2 heterocycles. The van der Waals surface area contributed by atoms with E-state index in [0.717, 1.165) is 51.3 Å². The Kier molecular flexibility index (Phi) is 10.5. The largest absolute Gasteiger partial charge is 0.507 e. The van der Waals surface area contributed by atoms with Crippen LogP contribution in [0.2, 0.25) is 0 Å². The molecule has 2 atom stereocenters. The fourth-order valence-corrected chi connectivity index (χ4v) is 6.30. The fraction of sp³-hybridized carbons (Fsp3) is 0.333. The van der Waals surface area contributed by atoms with E-state index >= 15 is 0 Å². The van der Waals surface area contributed by atoms with Crippen molar-refractivity contribution in [3.8, 4) is 23.0 Å². The number of fused-ring (bicyclic) bond motifs is 9. The first-order valence-corrected chi connectivity index (χ1v) is 16.4. The van der Waals surface area contributed by atoms with Gasteiger partial charge in [0.25, 0.3) is 0 Å². The molecule has 4 aromatic carbocycles. The highest BCUT2D eigenvalue weighted by Gasteiger charge is 2.20. The van der Waals surface area contributed by atoms with Crippen LogP contribution in [0.1, 0.15) is 50.9 Å². The molecule has 6 bridgehead atoms. The monoisotopic (exact) mass is 632 g/mol. The van der Waals surface area contributed by atoms with Crippen LogP contribution in [0, 0.1) is 13.8 Å². The normalized spacial score (nSPS) is 19.1. The van der Waals surface area contributed by atoms with Crippen LogP contribution in [0.25, 0.3) is 0 Å². The smallest absolute Gasteiger partial charge is 0.128 e. The molecule has 0 saturated heterocycles. The number of phenolic OH excluding ortho intramolecular Hbond substituents is 2. The predicted octanol–water partition coefficient (Wildman–Crippen LogP) is 6.43. The number of hydrogen-bond acceptors (Lipinski definition) is 8. The van der Waals surface area contributed by atoms with Crippen molar-refractivity contribution < 1.29 is 19.7 Å². The summed E-state index contributed by atoms with van der Waals surface area (Å²) in [6.45, 7) is 9.91. The zero-order valence-electron chi connectivity index (χ0n) is 27.4. The third-order valence-corrected chi connectivity index (χ3v) is 8.60. The van der Waals surface area contributed by atoms with Gasteiger partial charge in [0, 0.05) is 91.5 Å². The van der Waals surface area contributed by atoms with E-state index in [1.165, 1.54) is 0 Å². The van der Waals surface area contributed by atoms with E-state index in [2.05, 4.69) is 57.9 Å². The molecule has 0 aromatic heterocycles. The van der Waals surface area contributed by atoms with Crippen LogP contribution in [0.5, 0.6) is 23.0 Å². The predicted molar refractivity (Wildman–Crippen MR) is 187 cm³/mol. The van der Waals surface area contributed by atoms with Crippen molar-refractivity contribution in [3.05, 3.63) is 117 Å². The zero-order chi connectivity index (χ0) is 32.6. The molecule has 0 spiro atoms. The summed E-state index contributed by atoms with van der Waals surface area (Å²) >= 11 is 0. The Labute approximate surface area is 277 Å². The number of aryl methyl sites for hydroxylation is 2. The summed E-state index contributed by atoms with van der Waals surface area (Å²) < 4.78 is 12.6. The summed E-state index contributed by atoms with van der Waals surface area (Å²) in [5.74, 6) is 2.23. The van der Waals surface area contributed by atoms with Gasteiger partial charge in [0.2, 0.25) is 0 Å². The Hall–Kier alpha value is -4.66. The highest BCUT2D eigenvalue weighted by molar-refractivity contribution is 5.85. The summed E-state index contributed by atoms with van der Waals surface area (Å²) in [6, 6.07) is 24.4. The Bertz CT molecular complexity index is 1620. The number of para-hydroxylation sites is 2. The standard InChI is InChI=1S/C39H44N4O4/c1-28-18-32-22-40-12-13-41-23-33-19-29(2)21-35(39(33)45)27-43-15-14-42(26-34(20-28)38(32)44)24-30-8-3-5-10-36(30)46-16-7-17-47-37-11-6-4-9-31(37)25-43/h3-6,8-11,18-23,44-45H,7,12-17,24-27H2,1-2H3. The maximum absolute atomic E-state index is 11.4. The Balaban J connectivity index is 1.44. The first-order chi connectivity index (χ1) is 22.9. The van der Waals surface area contributed by atoms with Crippen molar-refractivity contribution in [1.29, 1.82) is 0 Å². The Morgan fingerprint density at radius 1 is 0.574 bits per heavy atom. The van der Waals surface area contributed by atoms with Crippen molar-refractivity contribution in [1.82, 2.24) is 9.80 Å². The molecular weight excluding hydrogens is 588 g/mol. The van der Waals surface area contributed by atoms with Crippen LogP contribution < -0.4 is 9.47 Å². The molecule has 8 heteroatoms. The second-order valence-corrected chi connectivity index (χ2v) is 12.5. The molecule has 6 rings (SSSR count). The van der Waals surface area contributed by atoms with Gasteiger partial charge >= 0.3 is 0 Å². The maximum atomic E-state index is 11.4. The SMILES string of the molecule is Cc1cc2c(O)c(c1)CN1CCN(Cc3ccccc3OCCCOc3ccccc3C1)Cc1cc(C)cc(c1O)C=NCCN=C2. The summed E-state index contributed by atoms with van der Waals surface area (Å²) in [5, 5.41) is 22.8. The first-order valence-electron chi connectivity index (χ1n) is 16.4. The molecular formula is C39H44N4O4. The van der Waals surface area contributed by atoms with Gasteiger partial charge in [0.1, 0.15) is 23.0 Å². The van der Waals surface area contributed by atoms with Crippen molar-refractivity contribution in [3.63, 3.8) is 0 Å². The number of aromatic hydroxyl groups is 2. The highest BCUT2D eigenvalue weighted by Crippen LogP contribution is 2.30. The van der Waals surface area contributed by atoms with Gasteiger partial charge in [-0.3, -0.25) is 19.8 Å². The molecule has 2 aliphatic rings. The minimum absolute atomic E-state index is 0.253. The van der Waals surface area contributed by atoms with E-state index < -0.39 is 0 Å². The lowest BCUT2D eigenvalue weighted by Gasteiger charge is -2.29. The van der Waals surface area contributed by atoms with Crippen molar-refractivity contribution in [2.75, 3.05) is 39.4 Å². The van der Waals surface area contributed by atoms with E-state index in [4.69, 9.17) is 9.47 Å². The molecule has 0 saturated carbocycles. The molecule has 0 fully saturated rings. The molecule has 8 nitrogen and oxygen atoms in total. The van der Waals surface area contributed by atoms with Crippen LogP contribution in [-0.4, -0.2) is 71.8 Å². The summed E-state index contributed by atoms with van der Waals surface area (Å²) in [5.41, 5.74) is 7.43. The lowest BCUT2D eigenvalue weighted by Crippen LogP contribution is -2.34. The van der Waals surface area contributed by atoms with Gasteiger partial charge in [0.15, 0.2) is 0 Å². The first kappa shape index (κ1) is 32.3. The molecule has 0 amide bonds. The summed E-state index contributed by atoms with van der Waals surface area (Å²) in [7, 11) is 0. The number of nitrogens with zero attached hydrogens (tertiary/aromatic N) is 4. The van der Waals surface area contributed by atoms with Crippen molar-refractivity contribution in [2.24, 2.45) is 9.98 Å². The molecule has 2 aliphatic heterocycles. The van der Waals surface area contributed by atoms with Crippen molar-refractivity contribution in [2.45, 2.75) is 46.4 Å². The fourth-order valence-electron chi connectivity index (χ4n) is 6.30. The van der Waals surface area contributed by atoms with E-state index in [-0.39, 0.29) is 11.5 Å². The van der Waals surface area contributed by atoms with E-state index in [1.807, 2.05) is 48.5 Å². The molecule has 2 N–H and O–H groups in total. The summed E-state index contributed by atoms with van der Waals surface area (Å²) in [6.07, 6.45) is 4.23. The summed E-state index contributed by atoms with van der Waals surface area (Å²) in [4.78, 5) is 13.9.